The van der Waals surface area contributed by atoms with Gasteiger partial charge in [0.1, 0.15) is 0 Å². The van der Waals surface area contributed by atoms with Crippen LogP contribution in [0, 0.1) is 18.3 Å². The molecule has 0 radical (unpaired) electrons. The second kappa shape index (κ2) is 6.53. The molecule has 104 valence electrons. The molecule has 1 heterocycles. The monoisotopic (exact) mass is 331 g/mol. The molecule has 0 fully saturated rings. The van der Waals surface area contributed by atoms with Crippen LogP contribution in [0.2, 0.25) is 0 Å². The Labute approximate surface area is 125 Å². The third-order valence-corrected chi connectivity index (χ3v) is 5.39. The van der Waals surface area contributed by atoms with Gasteiger partial charge in [0, 0.05) is 10.9 Å². The normalized spacial score (nSPS) is 15.7. The van der Waals surface area contributed by atoms with E-state index in [1.54, 1.807) is 0 Å². The van der Waals surface area contributed by atoms with Crippen molar-refractivity contribution in [3.8, 4) is 0 Å². The molecule has 0 saturated heterocycles. The first-order chi connectivity index (χ1) is 8.25. The fourth-order valence-corrected chi connectivity index (χ4v) is 3.85. The van der Waals surface area contributed by atoms with Gasteiger partial charge in [0.2, 0.25) is 0 Å². The van der Waals surface area contributed by atoms with Crippen LogP contribution in [0.25, 0.3) is 0 Å². The van der Waals surface area contributed by atoms with Crippen LogP contribution in [0.15, 0.2) is 9.85 Å². The Balaban J connectivity index is 2.86. The minimum atomic E-state index is 0.370. The lowest BCUT2D eigenvalue weighted by atomic mass is 9.77. The van der Waals surface area contributed by atoms with E-state index in [0.717, 1.165) is 6.54 Å². The Bertz CT molecular complexity index is 378. The first kappa shape index (κ1) is 16.2. The van der Waals surface area contributed by atoms with Crippen LogP contribution in [-0.2, 0) is 0 Å². The lowest BCUT2D eigenvalue weighted by Crippen LogP contribution is -2.27. The van der Waals surface area contributed by atoms with Crippen LogP contribution < -0.4 is 5.32 Å². The van der Waals surface area contributed by atoms with Gasteiger partial charge in [-0.2, -0.15) is 0 Å². The molecule has 0 aliphatic carbocycles. The van der Waals surface area contributed by atoms with Gasteiger partial charge < -0.3 is 5.32 Å². The lowest BCUT2D eigenvalue weighted by Gasteiger charge is -2.31. The highest BCUT2D eigenvalue weighted by Gasteiger charge is 2.25. The molecule has 0 amide bonds. The van der Waals surface area contributed by atoms with Crippen LogP contribution in [0.1, 0.15) is 57.5 Å². The highest BCUT2D eigenvalue weighted by atomic mass is 79.9. The van der Waals surface area contributed by atoms with Gasteiger partial charge in [-0.25, -0.2) is 0 Å². The quantitative estimate of drug-likeness (QED) is 0.746. The number of thiophene rings is 1. The fourth-order valence-electron chi connectivity index (χ4n) is 2.08. The average Bonchev–Trinajstić information content (AvgIpc) is 2.55. The van der Waals surface area contributed by atoms with Gasteiger partial charge in [0.15, 0.2) is 0 Å². The van der Waals surface area contributed by atoms with Crippen molar-refractivity contribution in [1.82, 2.24) is 5.32 Å². The van der Waals surface area contributed by atoms with Gasteiger partial charge in [-0.3, -0.25) is 0 Å². The summed E-state index contributed by atoms with van der Waals surface area (Å²) in [6.45, 7) is 14.8. The van der Waals surface area contributed by atoms with Gasteiger partial charge in [-0.05, 0) is 58.8 Å². The first-order valence-corrected chi connectivity index (χ1v) is 8.35. The molecule has 18 heavy (non-hydrogen) atoms. The molecule has 2 atom stereocenters. The molecule has 1 N–H and O–H groups in total. The predicted octanol–water partition coefficient (Wildman–Crippen LogP) is 5.54. The summed E-state index contributed by atoms with van der Waals surface area (Å²) in [6, 6.07) is 2.76. The molecule has 0 aliphatic heterocycles. The highest BCUT2D eigenvalue weighted by molar-refractivity contribution is 9.11. The second-order valence-corrected chi connectivity index (χ2v) is 8.81. The molecule has 2 unspecified atom stereocenters. The van der Waals surface area contributed by atoms with Crippen LogP contribution in [0.3, 0.4) is 0 Å². The molecule has 1 aromatic rings. The molecule has 1 aromatic heterocycles. The van der Waals surface area contributed by atoms with E-state index in [2.05, 4.69) is 68.9 Å². The third kappa shape index (κ3) is 4.36. The number of hydrogen-bond donors (Lipinski definition) is 1. The van der Waals surface area contributed by atoms with Gasteiger partial charge in [0.25, 0.3) is 0 Å². The van der Waals surface area contributed by atoms with Crippen molar-refractivity contribution in [2.75, 3.05) is 6.54 Å². The maximum atomic E-state index is 3.64. The van der Waals surface area contributed by atoms with Crippen molar-refractivity contribution in [2.24, 2.45) is 11.3 Å². The molecule has 0 saturated carbocycles. The molecule has 1 nitrogen and oxygen atoms in total. The minimum Gasteiger partial charge on any atom is -0.310 e. The molecule has 0 aliphatic rings. The Morgan fingerprint density at radius 2 is 2.00 bits per heavy atom. The maximum Gasteiger partial charge on any atom is 0.0704 e. The summed E-state index contributed by atoms with van der Waals surface area (Å²) in [6.07, 6.45) is 1.20. The Morgan fingerprint density at radius 3 is 2.39 bits per heavy atom. The summed E-state index contributed by atoms with van der Waals surface area (Å²) in [7, 11) is 0. The van der Waals surface area contributed by atoms with E-state index in [4.69, 9.17) is 0 Å². The zero-order chi connectivity index (χ0) is 13.9. The zero-order valence-corrected chi connectivity index (χ0v) is 14.8. The predicted molar refractivity (Wildman–Crippen MR) is 86.4 cm³/mol. The van der Waals surface area contributed by atoms with Crippen molar-refractivity contribution < 1.29 is 0 Å². The largest absolute Gasteiger partial charge is 0.310 e. The number of halogens is 1. The zero-order valence-electron chi connectivity index (χ0n) is 12.4. The molecule has 1 rings (SSSR count). The molecular formula is C15H26BrNS. The van der Waals surface area contributed by atoms with Gasteiger partial charge in [0.05, 0.1) is 3.79 Å². The summed E-state index contributed by atoms with van der Waals surface area (Å²) in [4.78, 5) is 1.42. The van der Waals surface area contributed by atoms with Crippen molar-refractivity contribution in [2.45, 2.75) is 54.0 Å². The Kier molecular flexibility index (Phi) is 5.88. The number of aryl methyl sites for hydroxylation is 1. The highest BCUT2D eigenvalue weighted by Crippen LogP contribution is 2.37. The van der Waals surface area contributed by atoms with Gasteiger partial charge >= 0.3 is 0 Å². The SMILES string of the molecule is CCNC(CC(C)C(C)(C)C)c1cc(Br)sc1C. The molecule has 0 spiro atoms. The second-order valence-electron chi connectivity index (χ2n) is 6.18. The van der Waals surface area contributed by atoms with E-state index in [9.17, 15) is 0 Å². The number of hydrogen-bond acceptors (Lipinski definition) is 2. The summed E-state index contributed by atoms with van der Waals surface area (Å²) in [5.74, 6) is 0.694. The summed E-state index contributed by atoms with van der Waals surface area (Å²) >= 11 is 5.43. The summed E-state index contributed by atoms with van der Waals surface area (Å²) < 4.78 is 1.24. The average molecular weight is 332 g/mol. The van der Waals surface area contributed by atoms with Crippen molar-refractivity contribution in [3.63, 3.8) is 0 Å². The number of nitrogens with one attached hydrogen (secondary N) is 1. The molecule has 0 bridgehead atoms. The topological polar surface area (TPSA) is 12.0 Å². The van der Waals surface area contributed by atoms with Crippen LogP contribution in [-0.4, -0.2) is 6.54 Å². The van der Waals surface area contributed by atoms with E-state index in [0.29, 0.717) is 17.4 Å². The van der Waals surface area contributed by atoms with Crippen LogP contribution in [0.5, 0.6) is 0 Å². The third-order valence-electron chi connectivity index (χ3n) is 3.82. The van der Waals surface area contributed by atoms with E-state index in [1.807, 2.05) is 11.3 Å². The van der Waals surface area contributed by atoms with Crippen molar-refractivity contribution >= 4 is 27.3 Å². The van der Waals surface area contributed by atoms with Crippen molar-refractivity contribution in [1.29, 1.82) is 0 Å². The van der Waals surface area contributed by atoms with Crippen LogP contribution >= 0.6 is 27.3 Å². The molecular weight excluding hydrogens is 306 g/mol. The smallest absolute Gasteiger partial charge is 0.0704 e. The van der Waals surface area contributed by atoms with Crippen LogP contribution in [0.4, 0.5) is 0 Å². The maximum absolute atomic E-state index is 3.64. The summed E-state index contributed by atoms with van der Waals surface area (Å²) in [5.41, 5.74) is 1.83. The Morgan fingerprint density at radius 1 is 1.39 bits per heavy atom. The standard InChI is InChI=1S/C15H26BrNS/c1-7-17-13(8-10(2)15(4,5)6)12-9-14(16)18-11(12)3/h9-10,13,17H,7-8H2,1-6H3. The lowest BCUT2D eigenvalue weighted by molar-refractivity contribution is 0.224. The van der Waals surface area contributed by atoms with Gasteiger partial charge in [-0.15, -0.1) is 11.3 Å². The van der Waals surface area contributed by atoms with E-state index < -0.39 is 0 Å². The molecule has 0 aromatic carbocycles. The minimum absolute atomic E-state index is 0.370. The first-order valence-electron chi connectivity index (χ1n) is 6.75. The van der Waals surface area contributed by atoms with Gasteiger partial charge in [-0.1, -0.05) is 34.6 Å². The molecule has 3 heteroatoms. The Hall–Kier alpha value is 0.140. The number of rotatable bonds is 5. The van der Waals surface area contributed by atoms with E-state index in [-0.39, 0.29) is 0 Å². The van der Waals surface area contributed by atoms with E-state index >= 15 is 0 Å². The van der Waals surface area contributed by atoms with E-state index in [1.165, 1.54) is 20.6 Å². The fraction of sp³-hybridized carbons (Fsp3) is 0.733. The van der Waals surface area contributed by atoms with Crippen molar-refractivity contribution in [3.05, 3.63) is 20.3 Å². The summed E-state index contributed by atoms with van der Waals surface area (Å²) in [5, 5.41) is 3.64.